The van der Waals surface area contributed by atoms with Crippen molar-refractivity contribution in [3.63, 3.8) is 0 Å². The van der Waals surface area contributed by atoms with Gasteiger partial charge in [0.15, 0.2) is 0 Å². The molecule has 14 heteroatoms. The molecule has 13 nitrogen and oxygen atoms in total. The molecule has 5 heterocycles. The van der Waals surface area contributed by atoms with Gasteiger partial charge in [-0.2, -0.15) is 15.5 Å². The van der Waals surface area contributed by atoms with Crippen molar-refractivity contribution in [3.05, 3.63) is 60.2 Å². The van der Waals surface area contributed by atoms with Crippen LogP contribution in [0.1, 0.15) is 35.8 Å². The largest absolute Gasteiger partial charge is 0.453 e. The highest BCUT2D eigenvalue weighted by Gasteiger charge is 2.33. The molecule has 3 N–H and O–H groups in total. The SMILES string of the molecule is COC(=O)N1CC(n2cc(Nc3cc(-c4ccc5cc(C#N)cnn45)ncc3C(=O)NC[C@@H](F)C(C)(C)O)cn2)C1. The Morgan fingerprint density at radius 1 is 1.24 bits per heavy atom. The van der Waals surface area contributed by atoms with Gasteiger partial charge in [0, 0.05) is 25.5 Å². The van der Waals surface area contributed by atoms with Gasteiger partial charge in [-0.15, -0.1) is 0 Å². The summed E-state index contributed by atoms with van der Waals surface area (Å²) in [7, 11) is 1.33. The van der Waals surface area contributed by atoms with Gasteiger partial charge in [-0.1, -0.05) is 0 Å². The number of hydrogen-bond donors (Lipinski definition) is 3. The van der Waals surface area contributed by atoms with Crippen molar-refractivity contribution >= 4 is 28.9 Å². The molecule has 0 spiro atoms. The Balaban J connectivity index is 1.43. The van der Waals surface area contributed by atoms with Crippen LogP contribution in [0.25, 0.3) is 16.9 Å². The molecule has 0 aromatic carbocycles. The van der Waals surface area contributed by atoms with Crippen molar-refractivity contribution in [2.75, 3.05) is 32.1 Å². The summed E-state index contributed by atoms with van der Waals surface area (Å²) in [6.45, 7) is 3.16. The quantitative estimate of drug-likeness (QED) is 0.293. The number of methoxy groups -OCH3 is 1. The number of nitriles is 1. The highest BCUT2D eigenvalue weighted by Crippen LogP contribution is 2.29. The van der Waals surface area contributed by atoms with Crippen LogP contribution >= 0.6 is 0 Å². The number of hydrogen-bond acceptors (Lipinski definition) is 9. The molecule has 0 radical (unpaired) electrons. The summed E-state index contributed by atoms with van der Waals surface area (Å²) < 4.78 is 22.4. The van der Waals surface area contributed by atoms with E-state index in [1.807, 2.05) is 0 Å². The number of aromatic nitrogens is 5. The van der Waals surface area contributed by atoms with Gasteiger partial charge < -0.3 is 25.4 Å². The fourth-order valence-corrected chi connectivity index (χ4v) is 4.32. The smallest absolute Gasteiger partial charge is 0.409 e. The van der Waals surface area contributed by atoms with Gasteiger partial charge in [0.2, 0.25) is 0 Å². The molecule has 1 fully saturated rings. The number of pyridine rings is 1. The van der Waals surface area contributed by atoms with E-state index in [0.29, 0.717) is 46.9 Å². The summed E-state index contributed by atoms with van der Waals surface area (Å²) in [4.78, 5) is 30.8. The van der Waals surface area contributed by atoms with Gasteiger partial charge >= 0.3 is 6.09 Å². The predicted octanol–water partition coefficient (Wildman–Crippen LogP) is 2.67. The van der Waals surface area contributed by atoms with E-state index in [9.17, 15) is 24.3 Å². The molecule has 0 unspecified atom stereocenters. The minimum Gasteiger partial charge on any atom is -0.453 e. The molecule has 2 amide bonds. The van der Waals surface area contributed by atoms with Crippen molar-refractivity contribution in [1.82, 2.24) is 34.6 Å². The van der Waals surface area contributed by atoms with Crippen LogP contribution in [-0.2, 0) is 4.74 Å². The number of alkyl halides is 1. The third-order valence-electron chi connectivity index (χ3n) is 6.80. The van der Waals surface area contributed by atoms with E-state index in [0.717, 1.165) is 0 Å². The zero-order valence-electron chi connectivity index (χ0n) is 22.6. The van der Waals surface area contributed by atoms with Crippen LogP contribution in [0.15, 0.2) is 49.1 Å². The monoisotopic (exact) mass is 561 g/mol. The summed E-state index contributed by atoms with van der Waals surface area (Å²) in [5.74, 6) is -0.588. The highest BCUT2D eigenvalue weighted by molar-refractivity contribution is 6.00. The van der Waals surface area contributed by atoms with E-state index in [2.05, 4.69) is 31.9 Å². The number of fused-ring (bicyclic) bond motifs is 1. The zero-order valence-corrected chi connectivity index (χ0v) is 22.6. The lowest BCUT2D eigenvalue weighted by molar-refractivity contribution is -0.00177. The molecule has 1 aliphatic rings. The Morgan fingerprint density at radius 3 is 2.73 bits per heavy atom. The van der Waals surface area contributed by atoms with Crippen LogP contribution in [0.3, 0.4) is 0 Å². The molecule has 1 aliphatic heterocycles. The van der Waals surface area contributed by atoms with Crippen LogP contribution < -0.4 is 10.6 Å². The zero-order chi connectivity index (χ0) is 29.3. The summed E-state index contributed by atoms with van der Waals surface area (Å²) >= 11 is 0. The number of halogens is 1. The average Bonchev–Trinajstić information content (AvgIpc) is 3.56. The molecule has 0 bridgehead atoms. The number of carbonyl (C=O) groups is 2. The number of anilines is 2. The van der Waals surface area contributed by atoms with Crippen molar-refractivity contribution < 1.29 is 23.8 Å². The Bertz CT molecular complexity index is 1650. The van der Waals surface area contributed by atoms with Gasteiger partial charge in [-0.05, 0) is 38.1 Å². The number of rotatable bonds is 8. The fourth-order valence-electron chi connectivity index (χ4n) is 4.32. The molecule has 41 heavy (non-hydrogen) atoms. The molecular formula is C27H28FN9O4. The van der Waals surface area contributed by atoms with Crippen LogP contribution in [-0.4, -0.2) is 84.9 Å². The molecule has 4 aromatic heterocycles. The summed E-state index contributed by atoms with van der Waals surface area (Å²) in [6.07, 6.45) is 4.08. The van der Waals surface area contributed by atoms with Gasteiger partial charge in [0.25, 0.3) is 5.91 Å². The van der Waals surface area contributed by atoms with Crippen LogP contribution in [0, 0.1) is 11.3 Å². The Hall–Kier alpha value is -5.03. The topological polar surface area (TPSA) is 163 Å². The summed E-state index contributed by atoms with van der Waals surface area (Å²) in [5, 5.41) is 33.5. The Morgan fingerprint density at radius 2 is 2.02 bits per heavy atom. The highest BCUT2D eigenvalue weighted by atomic mass is 19.1. The predicted molar refractivity (Wildman–Crippen MR) is 145 cm³/mol. The van der Waals surface area contributed by atoms with Crippen molar-refractivity contribution in [2.24, 2.45) is 0 Å². The minimum absolute atomic E-state index is 0.0276. The second-order valence-corrected chi connectivity index (χ2v) is 10.2. The lowest BCUT2D eigenvalue weighted by Crippen LogP contribution is -2.50. The molecule has 5 rings (SSSR count). The number of nitrogens with zero attached hydrogens (tertiary/aromatic N) is 7. The molecule has 4 aromatic rings. The number of aliphatic hydroxyl groups is 1. The number of nitrogens with one attached hydrogen (secondary N) is 2. The average molecular weight is 562 g/mol. The first-order chi connectivity index (χ1) is 19.6. The van der Waals surface area contributed by atoms with Gasteiger partial charge in [0.1, 0.15) is 12.2 Å². The Kier molecular flexibility index (Phi) is 7.29. The lowest BCUT2D eigenvalue weighted by Gasteiger charge is -2.37. The maximum Gasteiger partial charge on any atom is 0.409 e. The number of carbonyl (C=O) groups excluding carboxylic acids is 2. The Labute approximate surface area is 234 Å². The fraction of sp³-hybridized carbons (Fsp3) is 0.333. The van der Waals surface area contributed by atoms with Crippen molar-refractivity contribution in [2.45, 2.75) is 31.7 Å². The molecule has 212 valence electrons. The molecule has 0 saturated carbocycles. The van der Waals surface area contributed by atoms with Crippen LogP contribution in [0.5, 0.6) is 0 Å². The minimum atomic E-state index is -1.68. The number of ether oxygens (including phenoxy) is 1. The van der Waals surface area contributed by atoms with Crippen LogP contribution in [0.2, 0.25) is 0 Å². The molecule has 0 aliphatic carbocycles. The summed E-state index contributed by atoms with van der Waals surface area (Å²) in [5.41, 5.74) is 1.69. The second kappa shape index (κ2) is 10.9. The number of likely N-dealkylation sites (tertiary alicyclic amines) is 1. The molecular weight excluding hydrogens is 533 g/mol. The normalized spacial score (nSPS) is 14.3. The maximum atomic E-state index is 14.3. The molecule has 1 atom stereocenters. The van der Waals surface area contributed by atoms with Gasteiger partial charge in [0.05, 0.1) is 77.1 Å². The summed E-state index contributed by atoms with van der Waals surface area (Å²) in [6, 6.07) is 9.00. The van der Waals surface area contributed by atoms with Crippen molar-refractivity contribution in [1.29, 1.82) is 5.26 Å². The molecule has 1 saturated heterocycles. The van der Waals surface area contributed by atoms with Crippen molar-refractivity contribution in [3.8, 4) is 17.5 Å². The van der Waals surface area contributed by atoms with E-state index in [1.54, 1.807) is 50.8 Å². The third-order valence-corrected chi connectivity index (χ3v) is 6.80. The van der Waals surface area contributed by atoms with E-state index >= 15 is 0 Å². The van der Waals surface area contributed by atoms with Gasteiger partial charge in [-0.3, -0.25) is 14.5 Å². The first-order valence-corrected chi connectivity index (χ1v) is 12.7. The first kappa shape index (κ1) is 27.5. The van der Waals surface area contributed by atoms with Crippen LogP contribution in [0.4, 0.5) is 20.6 Å². The maximum absolute atomic E-state index is 14.3. The van der Waals surface area contributed by atoms with E-state index in [1.165, 1.54) is 33.4 Å². The second-order valence-electron chi connectivity index (χ2n) is 10.2. The van der Waals surface area contributed by atoms with E-state index in [-0.39, 0.29) is 11.6 Å². The standard InChI is InChI=1S/C27H28FN9O4/c1-27(2,40)24(28)12-31-25(38)20-11-30-22(23-5-4-18-6-16(8-29)9-33-37(18)23)7-21(20)34-17-10-32-36(13-17)19-14-35(15-19)26(39)41-3/h4-7,9-11,13,19,24,40H,12,14-15H2,1-3H3,(H,30,34)(H,31,38)/t24-/m1/s1. The van der Waals surface area contributed by atoms with Gasteiger partial charge in [-0.25, -0.2) is 13.7 Å². The van der Waals surface area contributed by atoms with E-state index in [4.69, 9.17) is 4.74 Å². The third kappa shape index (κ3) is 5.66. The lowest BCUT2D eigenvalue weighted by atomic mass is 10.0. The van der Waals surface area contributed by atoms with E-state index < -0.39 is 30.3 Å². The number of amides is 2. The first-order valence-electron chi connectivity index (χ1n) is 12.7.